The van der Waals surface area contributed by atoms with Crippen molar-refractivity contribution in [3.63, 3.8) is 0 Å². The van der Waals surface area contributed by atoms with Crippen molar-refractivity contribution in [1.82, 2.24) is 15.1 Å². The smallest absolute Gasteiger partial charge is 0.193 e. The second kappa shape index (κ2) is 10.9. The summed E-state index contributed by atoms with van der Waals surface area (Å²) in [5.74, 6) is 1.04. The molecule has 0 bridgehead atoms. The molecule has 1 aliphatic rings. The molecular weight excluding hydrogens is 451 g/mol. The maximum Gasteiger partial charge on any atom is 0.193 e. The third kappa shape index (κ3) is 7.58. The van der Waals surface area contributed by atoms with Crippen LogP contribution in [0, 0.1) is 0 Å². The Hall–Kier alpha value is -0.0900. The number of hydrogen-bond donors (Lipinski definition) is 1. The van der Waals surface area contributed by atoms with Crippen LogP contribution in [0.25, 0.3) is 0 Å². The van der Waals surface area contributed by atoms with Gasteiger partial charge in [-0.1, -0.05) is 0 Å². The molecule has 8 heteroatoms. The summed E-state index contributed by atoms with van der Waals surface area (Å²) in [5.41, 5.74) is 0. The Morgan fingerprint density at radius 2 is 1.96 bits per heavy atom. The van der Waals surface area contributed by atoms with Crippen molar-refractivity contribution in [3.05, 3.63) is 0 Å². The van der Waals surface area contributed by atoms with Crippen molar-refractivity contribution in [2.75, 3.05) is 45.5 Å². The first kappa shape index (κ1) is 24.9. The van der Waals surface area contributed by atoms with Gasteiger partial charge in [-0.05, 0) is 61.1 Å². The lowest BCUT2D eigenvalue weighted by atomic mass is 10.2. The molecule has 0 saturated carbocycles. The number of aliphatic imine (C=N–C) groups is 1. The van der Waals surface area contributed by atoms with Crippen molar-refractivity contribution in [2.24, 2.45) is 4.99 Å². The van der Waals surface area contributed by atoms with E-state index in [4.69, 9.17) is 4.99 Å². The molecule has 1 N–H and O–H groups in total. The number of nitrogens with one attached hydrogen (secondary N) is 1. The molecule has 0 aromatic heterocycles. The van der Waals surface area contributed by atoms with Gasteiger partial charge in [0.1, 0.15) is 0 Å². The van der Waals surface area contributed by atoms with Crippen molar-refractivity contribution in [2.45, 2.75) is 58.2 Å². The Balaban J connectivity index is 0.00000576. The maximum atomic E-state index is 12.2. The van der Waals surface area contributed by atoms with E-state index in [0.29, 0.717) is 19.1 Å². The average molecular weight is 488 g/mol. The molecule has 0 aromatic carbocycles. The molecule has 25 heavy (non-hydrogen) atoms. The van der Waals surface area contributed by atoms with E-state index in [2.05, 4.69) is 36.0 Å². The summed E-state index contributed by atoms with van der Waals surface area (Å²) in [5, 5.41) is 3.31. The standard InChI is InChI=1S/C17H36N4O2S.HI/c1-7-18-16(19-10-8-9-11-20(6)15(2)3)21-12-13-24(22,23)17(4,5)14-21;/h15H,7-14H2,1-6H3,(H,18,19);1H. The SMILES string of the molecule is CCNC(=NCCCCN(C)C(C)C)N1CCS(=O)(=O)C(C)(C)C1.I. The summed E-state index contributed by atoms with van der Waals surface area (Å²) in [4.78, 5) is 9.14. The first-order valence-corrected chi connectivity index (χ1v) is 10.7. The molecule has 0 atom stereocenters. The lowest BCUT2D eigenvalue weighted by molar-refractivity contribution is 0.269. The molecule has 6 nitrogen and oxygen atoms in total. The van der Waals surface area contributed by atoms with Crippen molar-refractivity contribution < 1.29 is 8.42 Å². The minimum Gasteiger partial charge on any atom is -0.357 e. The normalized spacial score (nSPS) is 19.8. The molecule has 1 heterocycles. The Kier molecular flexibility index (Phi) is 10.9. The van der Waals surface area contributed by atoms with Gasteiger partial charge in [0.25, 0.3) is 0 Å². The van der Waals surface area contributed by atoms with Gasteiger partial charge in [0.15, 0.2) is 15.8 Å². The molecule has 0 amide bonds. The first-order valence-electron chi connectivity index (χ1n) is 9.06. The van der Waals surface area contributed by atoms with E-state index in [0.717, 1.165) is 38.4 Å². The van der Waals surface area contributed by atoms with E-state index >= 15 is 0 Å². The highest BCUT2D eigenvalue weighted by Gasteiger charge is 2.40. The zero-order valence-corrected chi connectivity index (χ0v) is 19.9. The van der Waals surface area contributed by atoms with Crippen LogP contribution < -0.4 is 5.32 Å². The first-order chi connectivity index (χ1) is 11.1. The fraction of sp³-hybridized carbons (Fsp3) is 0.941. The molecule has 1 saturated heterocycles. The highest BCUT2D eigenvalue weighted by Crippen LogP contribution is 2.23. The molecular formula is C17H37IN4O2S. The van der Waals surface area contributed by atoms with E-state index in [-0.39, 0.29) is 29.7 Å². The second-order valence-corrected chi connectivity index (χ2v) is 10.3. The van der Waals surface area contributed by atoms with Crippen LogP contribution in [0.1, 0.15) is 47.5 Å². The van der Waals surface area contributed by atoms with Crippen LogP contribution in [-0.2, 0) is 9.84 Å². The number of guanidine groups is 1. The van der Waals surface area contributed by atoms with Crippen LogP contribution in [0.5, 0.6) is 0 Å². The predicted octanol–water partition coefficient (Wildman–Crippen LogP) is 2.20. The van der Waals surface area contributed by atoms with E-state index in [1.165, 1.54) is 0 Å². The van der Waals surface area contributed by atoms with Gasteiger partial charge < -0.3 is 15.1 Å². The topological polar surface area (TPSA) is 65.0 Å². The highest BCUT2D eigenvalue weighted by atomic mass is 127. The van der Waals surface area contributed by atoms with Crippen LogP contribution in [0.15, 0.2) is 4.99 Å². The van der Waals surface area contributed by atoms with Crippen LogP contribution in [0.2, 0.25) is 0 Å². The number of rotatable bonds is 7. The molecule has 150 valence electrons. The third-order valence-electron chi connectivity index (χ3n) is 4.74. The molecule has 1 aliphatic heterocycles. The highest BCUT2D eigenvalue weighted by molar-refractivity contribution is 14.0. The summed E-state index contributed by atoms with van der Waals surface area (Å²) in [7, 11) is -0.872. The maximum absolute atomic E-state index is 12.2. The summed E-state index contributed by atoms with van der Waals surface area (Å²) in [6, 6.07) is 0.573. The third-order valence-corrected chi connectivity index (χ3v) is 7.27. The number of nitrogens with zero attached hydrogens (tertiary/aromatic N) is 3. The number of halogens is 1. The van der Waals surface area contributed by atoms with Gasteiger partial charge in [0.05, 0.1) is 10.5 Å². The van der Waals surface area contributed by atoms with Crippen LogP contribution in [-0.4, -0.2) is 80.5 Å². The van der Waals surface area contributed by atoms with Gasteiger partial charge in [0, 0.05) is 32.2 Å². The Bertz CT molecular complexity index is 521. The second-order valence-electron chi connectivity index (χ2n) is 7.52. The van der Waals surface area contributed by atoms with Crippen molar-refractivity contribution >= 4 is 39.8 Å². The van der Waals surface area contributed by atoms with Gasteiger partial charge in [0.2, 0.25) is 0 Å². The average Bonchev–Trinajstić information content (AvgIpc) is 2.48. The minimum atomic E-state index is -3.02. The molecule has 1 rings (SSSR count). The predicted molar refractivity (Wildman–Crippen MR) is 118 cm³/mol. The van der Waals surface area contributed by atoms with Gasteiger partial charge in [-0.25, -0.2) is 8.42 Å². The van der Waals surface area contributed by atoms with E-state index in [1.54, 1.807) is 13.8 Å². The van der Waals surface area contributed by atoms with Gasteiger partial charge >= 0.3 is 0 Å². The fourth-order valence-electron chi connectivity index (χ4n) is 2.67. The molecule has 0 spiro atoms. The molecule has 0 aliphatic carbocycles. The zero-order chi connectivity index (χ0) is 18.4. The summed E-state index contributed by atoms with van der Waals surface area (Å²) in [6.07, 6.45) is 2.17. The molecule has 1 fully saturated rings. The Morgan fingerprint density at radius 1 is 1.32 bits per heavy atom. The van der Waals surface area contributed by atoms with E-state index < -0.39 is 14.6 Å². The molecule has 0 unspecified atom stereocenters. The Labute approximate surface area is 171 Å². The fourth-order valence-corrected chi connectivity index (χ4v) is 4.03. The minimum absolute atomic E-state index is 0. The lowest BCUT2D eigenvalue weighted by Crippen LogP contribution is -2.57. The largest absolute Gasteiger partial charge is 0.357 e. The summed E-state index contributed by atoms with van der Waals surface area (Å²) < 4.78 is 23.6. The summed E-state index contributed by atoms with van der Waals surface area (Å²) >= 11 is 0. The van der Waals surface area contributed by atoms with Gasteiger partial charge in [-0.15, -0.1) is 24.0 Å². The molecule has 0 radical (unpaired) electrons. The number of unbranched alkanes of at least 4 members (excludes halogenated alkanes) is 1. The van der Waals surface area contributed by atoms with Gasteiger partial charge in [-0.3, -0.25) is 4.99 Å². The number of sulfone groups is 1. The zero-order valence-electron chi connectivity index (χ0n) is 16.7. The van der Waals surface area contributed by atoms with Crippen LogP contribution >= 0.6 is 24.0 Å². The monoisotopic (exact) mass is 488 g/mol. The van der Waals surface area contributed by atoms with E-state index in [1.807, 2.05) is 6.92 Å². The lowest BCUT2D eigenvalue weighted by Gasteiger charge is -2.39. The van der Waals surface area contributed by atoms with Crippen LogP contribution in [0.3, 0.4) is 0 Å². The van der Waals surface area contributed by atoms with Crippen molar-refractivity contribution in [3.8, 4) is 0 Å². The van der Waals surface area contributed by atoms with Crippen LogP contribution in [0.4, 0.5) is 0 Å². The molecule has 0 aromatic rings. The summed E-state index contributed by atoms with van der Waals surface area (Å²) in [6.45, 7) is 13.7. The van der Waals surface area contributed by atoms with E-state index in [9.17, 15) is 8.42 Å². The Morgan fingerprint density at radius 3 is 2.48 bits per heavy atom. The van der Waals surface area contributed by atoms with Crippen molar-refractivity contribution in [1.29, 1.82) is 0 Å². The quantitative estimate of drug-likeness (QED) is 0.258. The number of hydrogen-bond acceptors (Lipinski definition) is 4. The van der Waals surface area contributed by atoms with Gasteiger partial charge in [-0.2, -0.15) is 0 Å².